The van der Waals surface area contributed by atoms with E-state index in [1.54, 1.807) is 0 Å². The van der Waals surface area contributed by atoms with Crippen LogP contribution < -0.4 is 4.72 Å². The van der Waals surface area contributed by atoms with Crippen molar-refractivity contribution in [2.24, 2.45) is 5.92 Å². The van der Waals surface area contributed by atoms with E-state index in [1.807, 2.05) is 0 Å². The molecule has 0 aromatic heterocycles. The smallest absolute Gasteiger partial charge is 0.304 e. The van der Waals surface area contributed by atoms with E-state index < -0.39 is 16.0 Å². The van der Waals surface area contributed by atoms with E-state index in [0.29, 0.717) is 5.92 Å². The summed E-state index contributed by atoms with van der Waals surface area (Å²) >= 11 is 0. The van der Waals surface area contributed by atoms with Crippen LogP contribution in [0.4, 0.5) is 0 Å². The average molecular weight is 235 g/mol. The fourth-order valence-electron chi connectivity index (χ4n) is 1.85. The Labute approximate surface area is 89.9 Å². The highest BCUT2D eigenvalue weighted by Crippen LogP contribution is 2.25. The highest BCUT2D eigenvalue weighted by molar-refractivity contribution is 7.89. The molecule has 0 aromatic carbocycles. The van der Waals surface area contributed by atoms with Crippen LogP contribution in [0.15, 0.2) is 0 Å². The summed E-state index contributed by atoms with van der Waals surface area (Å²) in [4.78, 5) is 10.2. The third-order valence-electron chi connectivity index (χ3n) is 2.63. The molecule has 2 N–H and O–H groups in total. The van der Waals surface area contributed by atoms with Gasteiger partial charge >= 0.3 is 5.97 Å². The van der Waals surface area contributed by atoms with Gasteiger partial charge in [-0.1, -0.05) is 6.92 Å². The molecule has 0 saturated heterocycles. The average Bonchev–Trinajstić information content (AvgIpc) is 2.47. The van der Waals surface area contributed by atoms with E-state index in [2.05, 4.69) is 11.6 Å². The first kappa shape index (κ1) is 12.4. The number of aliphatic carboxylic acids is 1. The summed E-state index contributed by atoms with van der Waals surface area (Å²) in [5.74, 6) is -0.856. The number of sulfonamides is 1. The molecule has 1 aliphatic rings. The number of carboxylic acids is 1. The Kier molecular flexibility index (Phi) is 4.10. The van der Waals surface area contributed by atoms with Gasteiger partial charge in [-0.15, -0.1) is 0 Å². The lowest BCUT2D eigenvalue weighted by molar-refractivity contribution is -0.136. The van der Waals surface area contributed by atoms with Crippen molar-refractivity contribution in [3.63, 3.8) is 0 Å². The molecule has 2 atom stereocenters. The van der Waals surface area contributed by atoms with Crippen LogP contribution in [0.3, 0.4) is 0 Å². The van der Waals surface area contributed by atoms with Gasteiger partial charge in [-0.3, -0.25) is 4.79 Å². The highest BCUT2D eigenvalue weighted by atomic mass is 32.2. The SMILES string of the molecule is CC1CCC(NS(=O)(=O)CCC(=O)O)C1. The van der Waals surface area contributed by atoms with Crippen molar-refractivity contribution >= 4 is 16.0 Å². The Morgan fingerprint density at radius 3 is 2.60 bits per heavy atom. The number of nitrogens with one attached hydrogen (secondary N) is 1. The van der Waals surface area contributed by atoms with Crippen LogP contribution in [0.2, 0.25) is 0 Å². The largest absolute Gasteiger partial charge is 0.481 e. The fourth-order valence-corrected chi connectivity index (χ4v) is 3.13. The summed E-state index contributed by atoms with van der Waals surface area (Å²) in [5.41, 5.74) is 0. The second kappa shape index (κ2) is 4.94. The number of hydrogen-bond donors (Lipinski definition) is 2. The first-order chi connectivity index (χ1) is 6.89. The van der Waals surface area contributed by atoms with Crippen LogP contribution in [-0.2, 0) is 14.8 Å². The van der Waals surface area contributed by atoms with E-state index in [4.69, 9.17) is 5.11 Å². The van der Waals surface area contributed by atoms with Crippen LogP contribution in [-0.4, -0.2) is 31.3 Å². The quantitative estimate of drug-likeness (QED) is 0.729. The standard InChI is InChI=1S/C9H17NO4S/c1-7-2-3-8(6-7)10-15(13,14)5-4-9(11)12/h7-8,10H,2-6H2,1H3,(H,11,12). The molecular formula is C9H17NO4S. The second-order valence-electron chi connectivity index (χ2n) is 4.20. The second-order valence-corrected chi connectivity index (χ2v) is 6.07. The Hall–Kier alpha value is -0.620. The molecule has 2 unspecified atom stereocenters. The van der Waals surface area contributed by atoms with Crippen LogP contribution in [0.1, 0.15) is 32.6 Å². The van der Waals surface area contributed by atoms with Crippen molar-refractivity contribution in [3.8, 4) is 0 Å². The van der Waals surface area contributed by atoms with Gasteiger partial charge in [0.05, 0.1) is 12.2 Å². The summed E-state index contributed by atoms with van der Waals surface area (Å²) in [7, 11) is -3.41. The molecule has 6 heteroatoms. The van der Waals surface area contributed by atoms with Gasteiger partial charge in [-0.25, -0.2) is 13.1 Å². The number of rotatable bonds is 5. The van der Waals surface area contributed by atoms with E-state index >= 15 is 0 Å². The summed E-state index contributed by atoms with van der Waals surface area (Å²) in [5, 5.41) is 8.39. The lowest BCUT2D eigenvalue weighted by atomic mass is 10.1. The van der Waals surface area contributed by atoms with Crippen molar-refractivity contribution in [3.05, 3.63) is 0 Å². The third kappa shape index (κ3) is 4.61. The van der Waals surface area contributed by atoms with Gasteiger partial charge in [0.25, 0.3) is 0 Å². The summed E-state index contributed by atoms with van der Waals surface area (Å²) < 4.78 is 25.4. The molecule has 88 valence electrons. The van der Waals surface area contributed by atoms with E-state index in [9.17, 15) is 13.2 Å². The minimum atomic E-state index is -3.41. The molecule has 0 aromatic rings. The van der Waals surface area contributed by atoms with Crippen molar-refractivity contribution in [1.29, 1.82) is 0 Å². The van der Waals surface area contributed by atoms with Crippen LogP contribution in [0, 0.1) is 5.92 Å². The number of carbonyl (C=O) groups is 1. The van der Waals surface area contributed by atoms with Gasteiger partial charge in [0, 0.05) is 6.04 Å². The van der Waals surface area contributed by atoms with E-state index in [-0.39, 0.29) is 18.2 Å². The summed E-state index contributed by atoms with van der Waals surface area (Å²) in [6.45, 7) is 2.09. The van der Waals surface area contributed by atoms with Crippen molar-refractivity contribution in [2.75, 3.05) is 5.75 Å². The zero-order chi connectivity index (χ0) is 11.5. The van der Waals surface area contributed by atoms with E-state index in [0.717, 1.165) is 19.3 Å². The maximum Gasteiger partial charge on any atom is 0.304 e. The lowest BCUT2D eigenvalue weighted by Gasteiger charge is -2.11. The Morgan fingerprint density at radius 2 is 2.13 bits per heavy atom. The molecule has 1 saturated carbocycles. The molecule has 0 radical (unpaired) electrons. The first-order valence-corrected chi connectivity index (χ1v) is 6.76. The first-order valence-electron chi connectivity index (χ1n) is 5.11. The fraction of sp³-hybridized carbons (Fsp3) is 0.889. The van der Waals surface area contributed by atoms with Gasteiger partial charge in [0.15, 0.2) is 0 Å². The maximum atomic E-state index is 11.4. The Balaban J connectivity index is 2.39. The van der Waals surface area contributed by atoms with Gasteiger partial charge in [0.2, 0.25) is 10.0 Å². The maximum absolute atomic E-state index is 11.4. The topological polar surface area (TPSA) is 83.5 Å². The van der Waals surface area contributed by atoms with Crippen molar-refractivity contribution in [2.45, 2.75) is 38.6 Å². The zero-order valence-electron chi connectivity index (χ0n) is 8.77. The molecule has 0 amide bonds. The van der Waals surface area contributed by atoms with Crippen molar-refractivity contribution < 1.29 is 18.3 Å². The Morgan fingerprint density at radius 1 is 1.47 bits per heavy atom. The zero-order valence-corrected chi connectivity index (χ0v) is 9.59. The predicted octanol–water partition coefficient (Wildman–Crippen LogP) is 0.569. The van der Waals surface area contributed by atoms with Crippen molar-refractivity contribution in [1.82, 2.24) is 4.72 Å². The molecule has 1 rings (SSSR count). The minimum Gasteiger partial charge on any atom is -0.481 e. The molecule has 1 fully saturated rings. The normalized spacial score (nSPS) is 26.7. The molecule has 0 heterocycles. The van der Waals surface area contributed by atoms with E-state index in [1.165, 1.54) is 0 Å². The minimum absolute atomic E-state index is 0.00112. The highest BCUT2D eigenvalue weighted by Gasteiger charge is 2.25. The molecule has 15 heavy (non-hydrogen) atoms. The Bertz CT molecular complexity index is 325. The van der Waals surface area contributed by atoms with Crippen LogP contribution in [0.5, 0.6) is 0 Å². The van der Waals surface area contributed by atoms with Gasteiger partial charge in [-0.2, -0.15) is 0 Å². The molecule has 5 nitrogen and oxygen atoms in total. The van der Waals surface area contributed by atoms with Crippen LogP contribution in [0.25, 0.3) is 0 Å². The molecular weight excluding hydrogens is 218 g/mol. The molecule has 0 spiro atoms. The van der Waals surface area contributed by atoms with Gasteiger partial charge in [0.1, 0.15) is 0 Å². The number of carboxylic acid groups (broad SMARTS) is 1. The number of hydrogen-bond acceptors (Lipinski definition) is 3. The van der Waals surface area contributed by atoms with Gasteiger partial charge in [-0.05, 0) is 25.2 Å². The molecule has 0 aliphatic heterocycles. The van der Waals surface area contributed by atoms with Gasteiger partial charge < -0.3 is 5.11 Å². The summed E-state index contributed by atoms with van der Waals surface area (Å²) in [6, 6.07) is -0.00112. The monoisotopic (exact) mass is 235 g/mol. The van der Waals surface area contributed by atoms with Crippen LogP contribution >= 0.6 is 0 Å². The summed E-state index contributed by atoms with van der Waals surface area (Å²) in [6.07, 6.45) is 2.41. The molecule has 1 aliphatic carbocycles. The lowest BCUT2D eigenvalue weighted by Crippen LogP contribution is -2.35. The predicted molar refractivity (Wildman–Crippen MR) is 56.0 cm³/mol. The molecule has 0 bridgehead atoms. The third-order valence-corrected chi connectivity index (χ3v) is 4.06.